The van der Waals surface area contributed by atoms with Gasteiger partial charge in [0.1, 0.15) is 11.5 Å². The molecule has 6 nitrogen and oxygen atoms in total. The Morgan fingerprint density at radius 1 is 0.926 bits per heavy atom. The molecule has 2 amide bonds. The van der Waals surface area contributed by atoms with Crippen molar-refractivity contribution in [1.29, 1.82) is 0 Å². The molecule has 0 radical (unpaired) electrons. The minimum atomic E-state index is -0.353. The van der Waals surface area contributed by atoms with Crippen molar-refractivity contribution in [1.82, 2.24) is 10.6 Å². The second kappa shape index (κ2) is 10.2. The second-order valence-corrected chi connectivity index (χ2v) is 6.41. The third kappa shape index (κ3) is 7.40. The average molecular weight is 370 g/mol. The summed E-state index contributed by atoms with van der Waals surface area (Å²) in [6.45, 7) is 5.56. The fourth-order valence-corrected chi connectivity index (χ4v) is 2.40. The van der Waals surface area contributed by atoms with E-state index in [0.717, 1.165) is 11.3 Å². The maximum absolute atomic E-state index is 12.1. The van der Waals surface area contributed by atoms with Crippen LogP contribution in [0.3, 0.4) is 0 Å². The van der Waals surface area contributed by atoms with Crippen LogP contribution in [0.25, 0.3) is 0 Å². The molecule has 144 valence electrons. The van der Waals surface area contributed by atoms with Crippen LogP contribution < -0.4 is 20.1 Å². The first kappa shape index (κ1) is 20.3. The van der Waals surface area contributed by atoms with E-state index in [9.17, 15) is 9.59 Å². The van der Waals surface area contributed by atoms with E-state index in [-0.39, 0.29) is 37.1 Å². The molecule has 2 N–H and O–H groups in total. The fourth-order valence-electron chi connectivity index (χ4n) is 2.40. The van der Waals surface area contributed by atoms with Gasteiger partial charge in [-0.3, -0.25) is 9.59 Å². The average Bonchev–Trinajstić information content (AvgIpc) is 2.65. The van der Waals surface area contributed by atoms with Crippen LogP contribution >= 0.6 is 0 Å². The Morgan fingerprint density at radius 2 is 1.63 bits per heavy atom. The second-order valence-electron chi connectivity index (χ2n) is 6.41. The van der Waals surface area contributed by atoms with Gasteiger partial charge < -0.3 is 20.1 Å². The molecule has 27 heavy (non-hydrogen) atoms. The van der Waals surface area contributed by atoms with Crippen LogP contribution in [0.15, 0.2) is 54.6 Å². The zero-order valence-corrected chi connectivity index (χ0v) is 15.9. The number of carbonyl (C=O) groups is 2. The Bertz CT molecular complexity index is 747. The van der Waals surface area contributed by atoms with Gasteiger partial charge in [-0.05, 0) is 50.6 Å². The van der Waals surface area contributed by atoms with Gasteiger partial charge in [-0.15, -0.1) is 0 Å². The Kier molecular flexibility index (Phi) is 7.67. The molecule has 0 heterocycles. The summed E-state index contributed by atoms with van der Waals surface area (Å²) in [5.74, 6) is 0.740. The van der Waals surface area contributed by atoms with Crippen LogP contribution in [-0.2, 0) is 9.59 Å². The van der Waals surface area contributed by atoms with E-state index in [1.165, 1.54) is 0 Å². The van der Waals surface area contributed by atoms with Crippen molar-refractivity contribution >= 4 is 11.8 Å². The molecule has 2 rings (SSSR count). The molecule has 1 atom stereocenters. The molecule has 0 bridgehead atoms. The molecule has 2 aromatic carbocycles. The van der Waals surface area contributed by atoms with Crippen molar-refractivity contribution in [2.75, 3.05) is 13.2 Å². The van der Waals surface area contributed by atoms with Gasteiger partial charge in [-0.2, -0.15) is 0 Å². The first-order valence-corrected chi connectivity index (χ1v) is 8.94. The Labute approximate surface area is 159 Å². The molecule has 0 aromatic heterocycles. The quantitative estimate of drug-likeness (QED) is 0.712. The van der Waals surface area contributed by atoms with Crippen molar-refractivity contribution in [3.8, 4) is 11.5 Å². The van der Waals surface area contributed by atoms with Gasteiger partial charge >= 0.3 is 0 Å². The maximum Gasteiger partial charge on any atom is 0.258 e. The molecule has 0 fully saturated rings. The van der Waals surface area contributed by atoms with Crippen LogP contribution in [0.5, 0.6) is 11.5 Å². The van der Waals surface area contributed by atoms with Crippen LogP contribution in [0.4, 0.5) is 0 Å². The highest BCUT2D eigenvalue weighted by Gasteiger charge is 2.12. The summed E-state index contributed by atoms with van der Waals surface area (Å²) >= 11 is 0. The zero-order valence-electron chi connectivity index (χ0n) is 15.9. The summed E-state index contributed by atoms with van der Waals surface area (Å²) in [6, 6.07) is 16.4. The summed E-state index contributed by atoms with van der Waals surface area (Å²) in [4.78, 5) is 23.9. The molecule has 0 saturated carbocycles. The smallest absolute Gasteiger partial charge is 0.258 e. The zero-order chi connectivity index (χ0) is 19.6. The maximum atomic E-state index is 12.1. The van der Waals surface area contributed by atoms with Crippen molar-refractivity contribution in [3.05, 3.63) is 60.2 Å². The van der Waals surface area contributed by atoms with Gasteiger partial charge in [0, 0.05) is 0 Å². The molecule has 0 spiro atoms. The SMILES string of the molecule is CC(C)Oc1cccc(C(C)NC(=O)CNC(=O)COc2ccccc2)c1. The van der Waals surface area contributed by atoms with Gasteiger partial charge in [0.15, 0.2) is 6.61 Å². The largest absolute Gasteiger partial charge is 0.491 e. The number of hydrogen-bond donors (Lipinski definition) is 2. The molecular weight excluding hydrogens is 344 g/mol. The highest BCUT2D eigenvalue weighted by atomic mass is 16.5. The lowest BCUT2D eigenvalue weighted by Crippen LogP contribution is -2.39. The lowest BCUT2D eigenvalue weighted by atomic mass is 10.1. The number of nitrogens with one attached hydrogen (secondary N) is 2. The minimum absolute atomic E-state index is 0.0819. The molecule has 0 aliphatic rings. The Hall–Kier alpha value is -3.02. The number of amides is 2. The van der Waals surface area contributed by atoms with Crippen molar-refractivity contribution in [3.63, 3.8) is 0 Å². The van der Waals surface area contributed by atoms with Crippen molar-refractivity contribution < 1.29 is 19.1 Å². The van der Waals surface area contributed by atoms with E-state index in [2.05, 4.69) is 10.6 Å². The topological polar surface area (TPSA) is 76.7 Å². The molecule has 2 aromatic rings. The van der Waals surface area contributed by atoms with Gasteiger partial charge in [0.05, 0.1) is 18.7 Å². The van der Waals surface area contributed by atoms with Crippen molar-refractivity contribution in [2.24, 2.45) is 0 Å². The highest BCUT2D eigenvalue weighted by molar-refractivity contribution is 5.85. The highest BCUT2D eigenvalue weighted by Crippen LogP contribution is 2.20. The number of para-hydroxylation sites is 1. The van der Waals surface area contributed by atoms with E-state index in [0.29, 0.717) is 5.75 Å². The number of benzene rings is 2. The Balaban J connectivity index is 1.75. The summed E-state index contributed by atoms with van der Waals surface area (Å²) in [5, 5.41) is 5.40. The van der Waals surface area contributed by atoms with Gasteiger partial charge in [0.25, 0.3) is 5.91 Å². The first-order chi connectivity index (χ1) is 12.9. The Morgan fingerprint density at radius 3 is 2.33 bits per heavy atom. The molecule has 0 aliphatic heterocycles. The van der Waals surface area contributed by atoms with E-state index in [1.807, 2.05) is 63.2 Å². The van der Waals surface area contributed by atoms with Crippen LogP contribution in [0.1, 0.15) is 32.4 Å². The molecular formula is C21H26N2O4. The van der Waals surface area contributed by atoms with E-state index >= 15 is 0 Å². The predicted molar refractivity (Wildman–Crippen MR) is 104 cm³/mol. The van der Waals surface area contributed by atoms with Crippen LogP contribution in [0.2, 0.25) is 0 Å². The van der Waals surface area contributed by atoms with E-state index in [1.54, 1.807) is 12.1 Å². The van der Waals surface area contributed by atoms with Crippen LogP contribution in [-0.4, -0.2) is 31.1 Å². The first-order valence-electron chi connectivity index (χ1n) is 8.94. The van der Waals surface area contributed by atoms with Crippen molar-refractivity contribution in [2.45, 2.75) is 32.9 Å². The molecule has 0 saturated heterocycles. The number of carbonyl (C=O) groups excluding carboxylic acids is 2. The third-order valence-corrected chi connectivity index (χ3v) is 3.67. The lowest BCUT2D eigenvalue weighted by Gasteiger charge is -2.17. The lowest BCUT2D eigenvalue weighted by molar-refractivity contribution is -0.127. The third-order valence-electron chi connectivity index (χ3n) is 3.67. The van der Waals surface area contributed by atoms with E-state index < -0.39 is 0 Å². The monoisotopic (exact) mass is 370 g/mol. The van der Waals surface area contributed by atoms with Gasteiger partial charge in [0.2, 0.25) is 5.91 Å². The van der Waals surface area contributed by atoms with Crippen LogP contribution in [0, 0.1) is 0 Å². The van der Waals surface area contributed by atoms with Gasteiger partial charge in [-0.25, -0.2) is 0 Å². The summed E-state index contributed by atoms with van der Waals surface area (Å²) in [7, 11) is 0. The predicted octanol–water partition coefficient (Wildman–Crippen LogP) is 2.85. The van der Waals surface area contributed by atoms with E-state index in [4.69, 9.17) is 9.47 Å². The molecule has 1 unspecified atom stereocenters. The minimum Gasteiger partial charge on any atom is -0.491 e. The molecule has 6 heteroatoms. The summed E-state index contributed by atoms with van der Waals surface area (Å²) in [6.07, 6.45) is 0.0819. The number of hydrogen-bond acceptors (Lipinski definition) is 4. The molecule has 0 aliphatic carbocycles. The fraction of sp³-hybridized carbons (Fsp3) is 0.333. The summed E-state index contributed by atoms with van der Waals surface area (Å²) < 4.78 is 11.0. The number of rotatable bonds is 9. The van der Waals surface area contributed by atoms with Gasteiger partial charge in [-0.1, -0.05) is 30.3 Å². The standard InChI is InChI=1S/C21H26N2O4/c1-15(2)27-19-11-7-8-17(12-19)16(3)23-20(24)13-22-21(25)14-26-18-9-5-4-6-10-18/h4-12,15-16H,13-14H2,1-3H3,(H,22,25)(H,23,24). The normalized spacial score (nSPS) is 11.6. The number of ether oxygens (including phenoxy) is 2. The summed E-state index contributed by atoms with van der Waals surface area (Å²) in [5.41, 5.74) is 0.931.